The van der Waals surface area contributed by atoms with Crippen molar-refractivity contribution in [3.05, 3.63) is 11.6 Å². The molecule has 8 rings (SSSR count). The van der Waals surface area contributed by atoms with Gasteiger partial charge in [-0.25, -0.2) is 0 Å². The maximum Gasteiger partial charge on any atom is 0.311 e. The molecule has 0 amide bonds. The van der Waals surface area contributed by atoms with Crippen LogP contribution in [0.25, 0.3) is 0 Å². The number of allylic oxidation sites excluding steroid dienone is 2. The Bertz CT molecular complexity index is 1800. The summed E-state index contributed by atoms with van der Waals surface area (Å²) < 4.78 is 34.3. The summed E-state index contributed by atoms with van der Waals surface area (Å²) in [6.07, 6.45) is -21.1. The first-order chi connectivity index (χ1) is 31.3. The van der Waals surface area contributed by atoms with E-state index in [-0.39, 0.29) is 41.1 Å². The highest BCUT2D eigenvalue weighted by Crippen LogP contribution is 2.70. The van der Waals surface area contributed by atoms with Gasteiger partial charge in [-0.1, -0.05) is 46.3 Å². The number of carbonyl (C=O) groups excluding carboxylic acids is 1. The fourth-order valence-corrected chi connectivity index (χ4v) is 14.8. The Balaban J connectivity index is 0.942. The summed E-state index contributed by atoms with van der Waals surface area (Å²) in [6, 6.07) is 0. The van der Waals surface area contributed by atoms with Crippen LogP contribution in [0.1, 0.15) is 86.5 Å². The zero-order chi connectivity index (χ0) is 49.0. The second-order valence-electron chi connectivity index (χ2n) is 23.0. The monoisotopic (exact) mass is 960 g/mol. The van der Waals surface area contributed by atoms with Crippen molar-refractivity contribution in [3.63, 3.8) is 0 Å². The molecule has 3 aliphatic heterocycles. The van der Waals surface area contributed by atoms with Crippen LogP contribution >= 0.6 is 0 Å². The number of aliphatic hydroxyl groups excluding tert-OH is 13. The molecule has 0 aromatic heterocycles. The molecule has 384 valence electrons. The number of aliphatic hydroxyl groups is 13. The first kappa shape index (κ1) is 51.8. The van der Waals surface area contributed by atoms with E-state index in [1.165, 1.54) is 12.5 Å². The third kappa shape index (κ3) is 8.66. The number of ether oxygens (including phenoxy) is 6. The van der Waals surface area contributed by atoms with Crippen LogP contribution in [0.15, 0.2) is 11.6 Å². The maximum atomic E-state index is 14.4. The Morgan fingerprint density at radius 3 is 2.03 bits per heavy atom. The maximum absolute atomic E-state index is 14.4. The molecule has 20 heteroatoms. The first-order valence-electron chi connectivity index (χ1n) is 24.2. The topological polar surface area (TPSA) is 335 Å². The number of hydrogen-bond donors (Lipinski definition) is 13. The molecule has 5 aliphatic carbocycles. The van der Waals surface area contributed by atoms with Gasteiger partial charge in [0.1, 0.15) is 67.1 Å². The van der Waals surface area contributed by atoms with Gasteiger partial charge in [-0.15, -0.1) is 0 Å². The van der Waals surface area contributed by atoms with Crippen LogP contribution in [0.3, 0.4) is 0 Å². The number of esters is 1. The number of rotatable bonds is 9. The van der Waals surface area contributed by atoms with E-state index in [0.717, 1.165) is 6.42 Å². The second-order valence-corrected chi connectivity index (χ2v) is 23.0. The van der Waals surface area contributed by atoms with E-state index in [4.69, 9.17) is 28.4 Å². The largest absolute Gasteiger partial charge is 0.432 e. The Hall–Kier alpha value is -1.51. The van der Waals surface area contributed by atoms with Crippen molar-refractivity contribution in [1.29, 1.82) is 0 Å². The molecule has 0 aromatic carbocycles. The normalized spacial score (nSPS) is 55.2. The predicted octanol–water partition coefficient (Wildman–Crippen LogP) is -2.45. The lowest BCUT2D eigenvalue weighted by atomic mass is 9.38. The standard InChI is InChI=1S/C47H76O20/c1-18-29(52)31(54)34(57)42(63-18)66-37-27(15-48)64-41(36(59)33(37)56)62-16-28-30(53)32(55)35(58)43(65-28)67-40(61)21-13-44(2,3)12-20-19(21)9-10-45(4)22(20)7-8-23-24(45)11-25(50)38-46(23,5)14-26(51)39(60)47(38,6)17-49/h7,18-21,23-39,41-43,48-60H,8-17H2,1-6H3/t18?,19?,20?,21?,23?,24?,25?,26?,27?,28?,29-,30+,31?,32?,33?,34-,35-,36-,37-,38?,39?,41?,42?,43?,45?,46?,47?/m0/s1. The Morgan fingerprint density at radius 1 is 0.716 bits per heavy atom. The van der Waals surface area contributed by atoms with Gasteiger partial charge >= 0.3 is 5.97 Å². The van der Waals surface area contributed by atoms with Crippen LogP contribution in [-0.2, 0) is 33.2 Å². The van der Waals surface area contributed by atoms with Gasteiger partial charge < -0.3 is 94.8 Å². The predicted molar refractivity (Wildman–Crippen MR) is 228 cm³/mol. The van der Waals surface area contributed by atoms with E-state index in [9.17, 15) is 71.2 Å². The van der Waals surface area contributed by atoms with Crippen molar-refractivity contribution in [3.8, 4) is 0 Å². The van der Waals surface area contributed by atoms with Gasteiger partial charge in [-0.05, 0) is 91.8 Å². The molecule has 13 N–H and O–H groups in total. The third-order valence-corrected chi connectivity index (χ3v) is 18.3. The first-order valence-corrected chi connectivity index (χ1v) is 24.2. The van der Waals surface area contributed by atoms with Crippen molar-refractivity contribution in [2.24, 2.45) is 57.2 Å². The van der Waals surface area contributed by atoms with Gasteiger partial charge in [0.25, 0.3) is 0 Å². The van der Waals surface area contributed by atoms with Gasteiger partial charge in [0.15, 0.2) is 12.6 Å². The minimum atomic E-state index is -1.87. The van der Waals surface area contributed by atoms with Crippen LogP contribution in [0.2, 0.25) is 0 Å². The smallest absolute Gasteiger partial charge is 0.311 e. The summed E-state index contributed by atoms with van der Waals surface area (Å²) in [7, 11) is 0. The van der Waals surface area contributed by atoms with E-state index in [1.807, 2.05) is 0 Å². The molecule has 0 spiro atoms. The molecule has 3 heterocycles. The number of fused-ring (bicyclic) bond motifs is 7. The van der Waals surface area contributed by atoms with E-state index in [1.54, 1.807) is 6.92 Å². The molecule has 0 radical (unpaired) electrons. The highest BCUT2D eigenvalue weighted by atomic mass is 16.8. The zero-order valence-electron chi connectivity index (χ0n) is 39.2. The van der Waals surface area contributed by atoms with Crippen molar-refractivity contribution < 1.29 is 99.6 Å². The van der Waals surface area contributed by atoms with E-state index >= 15 is 0 Å². The summed E-state index contributed by atoms with van der Waals surface area (Å²) in [5.41, 5.74) is -1.10. The summed E-state index contributed by atoms with van der Waals surface area (Å²) in [6.45, 7) is 9.93. The van der Waals surface area contributed by atoms with Crippen molar-refractivity contribution in [1.82, 2.24) is 0 Å². The molecule has 20 nitrogen and oxygen atoms in total. The molecular formula is C47H76O20. The summed E-state index contributed by atoms with van der Waals surface area (Å²) >= 11 is 0. The summed E-state index contributed by atoms with van der Waals surface area (Å²) in [5.74, 6) is -1.79. The lowest BCUT2D eigenvalue weighted by molar-refractivity contribution is -0.361. The summed E-state index contributed by atoms with van der Waals surface area (Å²) in [4.78, 5) is 14.4. The molecular weight excluding hydrogens is 884 g/mol. The molecule has 0 bridgehead atoms. The van der Waals surface area contributed by atoms with E-state index in [0.29, 0.717) is 38.5 Å². The minimum Gasteiger partial charge on any atom is -0.432 e. The Kier molecular flexibility index (Phi) is 14.6. The lowest BCUT2D eigenvalue weighted by Gasteiger charge is -2.68. The van der Waals surface area contributed by atoms with Crippen LogP contribution in [0, 0.1) is 57.2 Å². The molecule has 0 aromatic rings. The minimum absolute atomic E-state index is 0.0239. The fourth-order valence-electron chi connectivity index (χ4n) is 14.8. The van der Waals surface area contributed by atoms with Crippen LogP contribution in [-0.4, -0.2) is 203 Å². The molecule has 67 heavy (non-hydrogen) atoms. The molecule has 3 saturated heterocycles. The highest BCUT2D eigenvalue weighted by Gasteiger charge is 2.68. The molecule has 8 aliphatic rings. The van der Waals surface area contributed by atoms with Crippen molar-refractivity contribution in [2.45, 2.75) is 197 Å². The third-order valence-electron chi connectivity index (χ3n) is 18.3. The van der Waals surface area contributed by atoms with E-state index < -0.39 is 152 Å². The number of hydrogen-bond acceptors (Lipinski definition) is 20. The van der Waals surface area contributed by atoms with Crippen molar-refractivity contribution in [2.75, 3.05) is 19.8 Å². The summed E-state index contributed by atoms with van der Waals surface area (Å²) in [5, 5.41) is 141. The molecule has 27 atom stereocenters. The lowest BCUT2D eigenvalue weighted by Crippen LogP contribution is -2.68. The van der Waals surface area contributed by atoms with Gasteiger partial charge in [0, 0.05) is 11.3 Å². The Labute approximate surface area is 390 Å². The SMILES string of the molecule is CC1OC(O[C@H]2C(CO)OC(OCC3OC(OC(=O)C4CC(C)(C)CC5C6=CCC7C(CC(O)C8C(C)(CO)C(O)C(O)CC78C)C6(C)CCC45)[C@@H](O)C(O)[C@@H]3O)[C@@H](O)C2O)[C@@H](O)C(O)[C@H]1O. The van der Waals surface area contributed by atoms with Crippen molar-refractivity contribution >= 4 is 5.97 Å². The quantitative estimate of drug-likeness (QED) is 0.0843. The fraction of sp³-hybridized carbons (Fsp3) is 0.936. The van der Waals surface area contributed by atoms with Gasteiger partial charge in [0.05, 0.1) is 50.2 Å². The van der Waals surface area contributed by atoms with Gasteiger partial charge in [-0.3, -0.25) is 4.79 Å². The number of carbonyl (C=O) groups is 1. The van der Waals surface area contributed by atoms with Gasteiger partial charge in [0.2, 0.25) is 6.29 Å². The zero-order valence-corrected chi connectivity index (χ0v) is 39.2. The molecule has 7 fully saturated rings. The average Bonchev–Trinajstić information content (AvgIpc) is 3.27. The molecule has 4 saturated carbocycles. The highest BCUT2D eigenvalue weighted by molar-refractivity contribution is 5.73. The Morgan fingerprint density at radius 2 is 1.36 bits per heavy atom. The van der Waals surface area contributed by atoms with Crippen LogP contribution in [0.5, 0.6) is 0 Å². The average molecular weight is 961 g/mol. The van der Waals surface area contributed by atoms with Gasteiger partial charge in [-0.2, -0.15) is 0 Å². The molecule has 21 unspecified atom stereocenters. The van der Waals surface area contributed by atoms with Crippen LogP contribution < -0.4 is 0 Å². The van der Waals surface area contributed by atoms with E-state index in [2.05, 4.69) is 33.8 Å². The second kappa shape index (κ2) is 18.8. The van der Waals surface area contributed by atoms with Crippen LogP contribution in [0.4, 0.5) is 0 Å².